The summed E-state index contributed by atoms with van der Waals surface area (Å²) < 4.78 is 26.4. The average molecular weight is 1970 g/mol. The number of methoxy groups -OCH3 is 4. The minimum absolute atomic E-state index is 0.0222. The van der Waals surface area contributed by atoms with Crippen molar-refractivity contribution < 1.29 is 95.6 Å². The highest BCUT2D eigenvalue weighted by Crippen LogP contribution is 2.41. The van der Waals surface area contributed by atoms with Gasteiger partial charge >= 0.3 is 0 Å². The Hall–Kier alpha value is -7.41. The van der Waals surface area contributed by atoms with Crippen LogP contribution in [0.4, 0.5) is 0 Å². The molecule has 0 aliphatic rings. The summed E-state index contributed by atoms with van der Waals surface area (Å²) in [4.78, 5) is 206. The Bertz CT molecular complexity index is 4090. The molecule has 0 radical (unpaired) electrons. The van der Waals surface area contributed by atoms with Crippen LogP contribution >= 0.6 is 86.4 Å². The highest BCUT2D eigenvalue weighted by atomic mass is 33.1. The molecule has 11 amide bonds. The topological polar surface area (TPSA) is 447 Å². The van der Waals surface area contributed by atoms with Crippen LogP contribution in [0.2, 0.25) is 0 Å². The minimum atomic E-state index is -1.19. The molecule has 40 heteroatoms. The first kappa shape index (κ1) is 117. The summed E-state index contributed by atoms with van der Waals surface area (Å²) in [5.41, 5.74) is 3.31. The van der Waals surface area contributed by atoms with Crippen molar-refractivity contribution in [1.29, 1.82) is 0 Å². The molecule has 7 atom stereocenters. The maximum Gasteiger partial charge on any atom is 0.258 e. The molecule has 0 spiro atoms. The van der Waals surface area contributed by atoms with Gasteiger partial charge in [-0.05, 0) is 81.9 Å². The van der Waals surface area contributed by atoms with E-state index in [2.05, 4.69) is 63.8 Å². The second-order valence-corrected chi connectivity index (χ2v) is 47.5. The fraction of sp³-hybridized carbons (Fsp3) is 0.633. The Balaban J connectivity index is 1.98. The van der Waals surface area contributed by atoms with Crippen LogP contribution in [-0.2, 0) is 87.9 Å². The Morgan fingerprint density at radius 3 is 1.30 bits per heavy atom. The third kappa shape index (κ3) is 53.5. The Morgan fingerprint density at radius 1 is 0.385 bits per heavy atom. The van der Waals surface area contributed by atoms with Crippen LogP contribution in [0.25, 0.3) is 0 Å². The van der Waals surface area contributed by atoms with Gasteiger partial charge in [-0.25, -0.2) is 0 Å². The van der Waals surface area contributed by atoms with Crippen LogP contribution in [0.3, 0.4) is 0 Å². The van der Waals surface area contributed by atoms with Gasteiger partial charge in [0.15, 0.2) is 29.7 Å². The number of amides is 11. The van der Waals surface area contributed by atoms with Gasteiger partial charge in [0.1, 0.15) is 29.3 Å². The predicted molar refractivity (Wildman–Crippen MR) is 526 cm³/mol. The number of unbranched alkanes of at least 4 members (excludes halogenated alkanes) is 2. The van der Waals surface area contributed by atoms with Crippen molar-refractivity contribution in [3.05, 3.63) is 89.0 Å². The number of ether oxygens (including phenoxy) is 5. The van der Waals surface area contributed by atoms with E-state index in [0.717, 1.165) is 11.1 Å². The summed E-state index contributed by atoms with van der Waals surface area (Å²) in [6.07, 6.45) is 0.738. The summed E-state index contributed by atoms with van der Waals surface area (Å²) in [5, 5.41) is 32.7. The summed E-state index contributed by atoms with van der Waals surface area (Å²) in [6.45, 7) is 23.9. The molecular formula is C90H140N12O20S8. The van der Waals surface area contributed by atoms with E-state index >= 15 is 9.59 Å². The standard InChI is InChI=1S/C90H140N12O20S8/c1-58-25-27-59(28-26-58)46-93-81(112)53-122-67-31-29-60(30-32-67)70(69-34-33-68(120-17)44-75(69)121-18)45-74(106)71(24-20-21-37-91-14)102-84(115)61(41-64(103)48-96-83(114)63(55-124-128-88(5,6)7)43-66(105)49-97-82(113)62(54-123-127-87(2,3)4)42-65(104)47-94-76(107)35-39-118-15)23-19-22-38-92-78(109)50-98-85(116)72(56-125-129-89(8,9)10)101-80(111)52-99-86(117)73(57-126-130-90(11,12)13)100-79(110)51-95-77(108)36-40-119-16/h25-34,44,61-63,70-73,91H,19-24,35-43,45-57H2,1-18H3,(H,92,109)(H,93,112)(H,94,107)(H,95,108)(H,96,114)(H,97,113)(H,98,116)(H,99,117)(H,100,110)(H,101,111)(H,102,115)/t61-,62+,63+,70?,71+,72+,73+/m1/s1. The maximum absolute atomic E-state index is 15.4. The van der Waals surface area contributed by atoms with E-state index in [4.69, 9.17) is 23.7 Å². The zero-order chi connectivity index (χ0) is 97.0. The van der Waals surface area contributed by atoms with Crippen LogP contribution in [-0.4, -0.2) is 256 Å². The summed E-state index contributed by atoms with van der Waals surface area (Å²) >= 11 is 0. The number of aryl methyl sites for hydroxylation is 1. The van der Waals surface area contributed by atoms with Crippen LogP contribution in [0.1, 0.15) is 188 Å². The number of carbonyl (C=O) groups is 15. The predicted octanol–water partition coefficient (Wildman–Crippen LogP) is 9.15. The summed E-state index contributed by atoms with van der Waals surface area (Å²) in [7, 11) is 19.0. The second-order valence-electron chi connectivity index (χ2n) is 34.8. The van der Waals surface area contributed by atoms with Gasteiger partial charge in [0, 0.05) is 131 Å². The van der Waals surface area contributed by atoms with E-state index in [1.807, 2.05) is 114 Å². The molecule has 728 valence electrons. The van der Waals surface area contributed by atoms with Crippen LogP contribution in [0.5, 0.6) is 17.2 Å². The normalized spacial score (nSPS) is 13.2. The van der Waals surface area contributed by atoms with E-state index < -0.39 is 157 Å². The number of ketones is 4. The van der Waals surface area contributed by atoms with Gasteiger partial charge in [0.25, 0.3) is 5.91 Å². The smallest absolute Gasteiger partial charge is 0.258 e. The molecule has 130 heavy (non-hydrogen) atoms. The number of hydrogen-bond acceptors (Lipinski definition) is 29. The SMILES string of the molecule is CNCCCC[C@H](NC(=O)[C@H](CCCCNC(=O)CNC(=O)[C@H](CSSC(C)(C)C)NC(=O)CNC(=O)[C@H](CSSC(C)(C)C)NC(=O)CNC(=O)CCOC)CC(=O)CNC(=O)[C@H](CSSC(C)(C)C)CC(=O)CNC(=O)[C@H](CSSC(C)(C)C)CC(=O)CNC(=O)CCOC)C(=O)CC(c1ccc(OCC(=O)NCc2ccc(C)cc2)cc1)c1ccc(OC)cc1OC. The van der Waals surface area contributed by atoms with Gasteiger partial charge in [-0.3, -0.25) is 71.9 Å². The largest absolute Gasteiger partial charge is 0.497 e. The molecule has 3 aromatic rings. The average Bonchev–Trinajstić information content (AvgIpc) is 0.802. The zero-order valence-electron chi connectivity index (χ0n) is 78.6. The summed E-state index contributed by atoms with van der Waals surface area (Å²) in [5.74, 6) is -10.1. The Kier molecular flexibility index (Phi) is 56.5. The van der Waals surface area contributed by atoms with Crippen molar-refractivity contribution in [3.63, 3.8) is 0 Å². The molecule has 3 rings (SSSR count). The maximum atomic E-state index is 15.4. The number of Topliss-reactive ketones (excluding diaryl/α,β-unsaturated/α-hetero) is 4. The fourth-order valence-electron chi connectivity index (χ4n) is 11.8. The van der Waals surface area contributed by atoms with E-state index in [0.29, 0.717) is 54.3 Å². The monoisotopic (exact) mass is 1960 g/mol. The number of rotatable bonds is 66. The first-order valence-corrected chi connectivity index (χ1v) is 52.6. The number of benzene rings is 3. The minimum Gasteiger partial charge on any atom is -0.497 e. The molecule has 0 fully saturated rings. The fourth-order valence-corrected chi connectivity index (χ4v) is 22.0. The molecule has 0 aliphatic heterocycles. The van der Waals surface area contributed by atoms with Crippen LogP contribution in [0.15, 0.2) is 66.7 Å². The molecule has 0 saturated carbocycles. The number of hydrogen-bond donors (Lipinski definition) is 12. The van der Waals surface area contributed by atoms with E-state index in [1.54, 1.807) is 49.5 Å². The van der Waals surface area contributed by atoms with Crippen molar-refractivity contribution in [3.8, 4) is 17.2 Å². The van der Waals surface area contributed by atoms with Crippen molar-refractivity contribution in [2.45, 2.75) is 217 Å². The van der Waals surface area contributed by atoms with Crippen molar-refractivity contribution in [2.75, 3.05) is 131 Å². The van der Waals surface area contributed by atoms with E-state index in [9.17, 15) is 62.3 Å². The van der Waals surface area contributed by atoms with Crippen molar-refractivity contribution in [2.24, 2.45) is 17.8 Å². The molecule has 1 unspecified atom stereocenters. The van der Waals surface area contributed by atoms with Gasteiger partial charge in [0.05, 0.1) is 84.6 Å². The van der Waals surface area contributed by atoms with E-state index in [-0.39, 0.29) is 144 Å². The Morgan fingerprint density at radius 2 is 0.823 bits per heavy atom. The van der Waals surface area contributed by atoms with Gasteiger partial charge in [-0.1, -0.05) is 224 Å². The molecule has 0 aliphatic carbocycles. The molecule has 12 N–H and O–H groups in total. The number of nitrogens with one attached hydrogen (secondary N) is 12. The number of carbonyl (C=O) groups excluding carboxylic acids is 15. The third-order valence-electron chi connectivity index (χ3n) is 18.5. The third-order valence-corrected chi connectivity index (χ3v) is 32.0. The van der Waals surface area contributed by atoms with Gasteiger partial charge in [-0.15, -0.1) is 0 Å². The van der Waals surface area contributed by atoms with Crippen molar-refractivity contribution in [1.82, 2.24) is 63.8 Å². The first-order chi connectivity index (χ1) is 61.3. The zero-order valence-corrected chi connectivity index (χ0v) is 85.2. The molecule has 0 aromatic heterocycles. The molecule has 3 aromatic carbocycles. The van der Waals surface area contributed by atoms with Gasteiger partial charge < -0.3 is 87.5 Å². The van der Waals surface area contributed by atoms with Gasteiger partial charge in [-0.2, -0.15) is 0 Å². The quantitative estimate of drug-likeness (QED) is 0.0185. The lowest BCUT2D eigenvalue weighted by Gasteiger charge is -2.26. The summed E-state index contributed by atoms with van der Waals surface area (Å²) in [6, 6.07) is 16.6. The lowest BCUT2D eigenvalue weighted by Crippen LogP contribution is -2.54. The molecular weight excluding hydrogens is 1830 g/mol. The van der Waals surface area contributed by atoms with Gasteiger partial charge in [0.2, 0.25) is 59.1 Å². The highest BCUT2D eigenvalue weighted by Gasteiger charge is 2.34. The Labute approximate surface area is 799 Å². The molecule has 0 bridgehead atoms. The molecule has 0 heterocycles. The first-order valence-electron chi connectivity index (χ1n) is 43.3. The van der Waals surface area contributed by atoms with Crippen molar-refractivity contribution >= 4 is 174 Å². The van der Waals surface area contributed by atoms with E-state index in [1.165, 1.54) is 115 Å². The lowest BCUT2D eigenvalue weighted by atomic mass is 9.84. The van der Waals surface area contributed by atoms with Crippen LogP contribution < -0.4 is 78.0 Å². The molecule has 32 nitrogen and oxygen atoms in total. The highest BCUT2D eigenvalue weighted by molar-refractivity contribution is 8.78. The van der Waals surface area contributed by atoms with Crippen LogP contribution in [0, 0.1) is 24.7 Å². The second kappa shape index (κ2) is 63.0. The molecule has 0 saturated heterocycles. The lowest BCUT2D eigenvalue weighted by molar-refractivity contribution is -0.133.